The Bertz CT molecular complexity index is 7870. The lowest BCUT2D eigenvalue weighted by Gasteiger charge is -2.44. The van der Waals surface area contributed by atoms with Crippen molar-refractivity contribution in [3.05, 3.63) is 307 Å². The molecule has 6 heterocycles. The third-order valence-corrected chi connectivity index (χ3v) is 21.9. The average molecular weight is 1400 g/mol. The average Bonchev–Trinajstić information content (AvgIpc) is 1.56. The van der Waals surface area contributed by atoms with E-state index < -0.39 is 144 Å². The Morgan fingerprint density at radius 3 is 0.925 bits per heavy atom. The van der Waals surface area contributed by atoms with Gasteiger partial charge in [0.1, 0.15) is 0 Å². The molecule has 0 bridgehead atoms. The monoisotopic (exact) mass is 1400 g/mol. The molecule has 6 nitrogen and oxygen atoms in total. The highest BCUT2D eigenvalue weighted by atomic mass is 16.3. The van der Waals surface area contributed by atoms with Crippen molar-refractivity contribution >= 4 is 145 Å². The molecule has 18 aromatic rings. The normalized spacial score (nSPS) is 16.1. The molecule has 0 fully saturated rings. The molecular formula is C100H83BN4O2. The minimum Gasteiger partial charge on any atom is -0.452 e. The van der Waals surface area contributed by atoms with Crippen LogP contribution in [0.3, 0.4) is 0 Å². The van der Waals surface area contributed by atoms with Gasteiger partial charge in [-0.15, -0.1) is 0 Å². The first-order valence-corrected chi connectivity index (χ1v) is 36.2. The fraction of sp³-hybridized carbons (Fsp3) is 0.160. The Kier molecular flexibility index (Phi) is 9.99. The molecule has 0 saturated heterocycles. The topological polar surface area (TPSA) is 42.6 Å². The van der Waals surface area contributed by atoms with E-state index in [1.165, 1.54) is 9.13 Å². The number of para-hydroxylation sites is 8. The van der Waals surface area contributed by atoms with Gasteiger partial charge in [0.25, 0.3) is 6.71 Å². The van der Waals surface area contributed by atoms with Crippen molar-refractivity contribution < 1.29 is 37.6 Å². The van der Waals surface area contributed by atoms with E-state index in [9.17, 15) is 13.7 Å². The number of fused-ring (bicyclic) bond motifs is 16. The van der Waals surface area contributed by atoms with E-state index in [1.807, 2.05) is 60.7 Å². The molecule has 0 radical (unpaired) electrons. The Balaban J connectivity index is 0.950. The molecule has 2 aliphatic heterocycles. The van der Waals surface area contributed by atoms with Crippen LogP contribution in [-0.4, -0.2) is 15.8 Å². The van der Waals surface area contributed by atoms with Gasteiger partial charge in [0.15, 0.2) is 22.3 Å². The summed E-state index contributed by atoms with van der Waals surface area (Å²) in [6, 6.07) is 41.1. The lowest BCUT2D eigenvalue weighted by atomic mass is 9.33. The Morgan fingerprint density at radius 1 is 0.262 bits per heavy atom. The van der Waals surface area contributed by atoms with Gasteiger partial charge in [-0.3, -0.25) is 0 Å². The molecule has 0 saturated carbocycles. The Labute approximate surface area is 654 Å². The molecule has 14 aromatic carbocycles. The van der Waals surface area contributed by atoms with Gasteiger partial charge in [-0.05, 0) is 166 Å². The van der Waals surface area contributed by atoms with E-state index in [0.717, 1.165) is 55.4 Å². The number of furan rings is 2. The third-order valence-electron chi connectivity index (χ3n) is 21.9. The first-order chi connectivity index (χ1) is 60.3. The van der Waals surface area contributed by atoms with Crippen molar-refractivity contribution in [1.29, 1.82) is 0 Å². The maximum atomic E-state index is 9.65. The maximum absolute atomic E-state index is 9.65. The number of aromatic nitrogens is 2. The van der Waals surface area contributed by atoms with Gasteiger partial charge >= 0.3 is 0 Å². The summed E-state index contributed by atoms with van der Waals surface area (Å²) < 4.78 is 213. The lowest BCUT2D eigenvalue weighted by molar-refractivity contribution is 0.568. The third kappa shape index (κ3) is 9.99. The highest BCUT2D eigenvalue weighted by Gasteiger charge is 2.46. The fourth-order valence-corrected chi connectivity index (χ4v) is 16.3. The second kappa shape index (κ2) is 23.2. The zero-order valence-corrected chi connectivity index (χ0v) is 61.2. The summed E-state index contributed by atoms with van der Waals surface area (Å²) in [5.74, 6) is 0. The van der Waals surface area contributed by atoms with Crippen molar-refractivity contribution in [2.45, 2.75) is 105 Å². The predicted octanol–water partition coefficient (Wildman–Crippen LogP) is 26.0. The zero-order valence-electron chi connectivity index (χ0n) is 82.2. The van der Waals surface area contributed by atoms with E-state index in [1.54, 1.807) is 30.3 Å². The van der Waals surface area contributed by atoms with Crippen LogP contribution in [0.1, 0.15) is 134 Å². The molecule has 4 aromatic heterocycles. The van der Waals surface area contributed by atoms with Gasteiger partial charge < -0.3 is 27.8 Å². The Morgan fingerprint density at radius 2 is 0.561 bits per heavy atom. The van der Waals surface area contributed by atoms with Crippen molar-refractivity contribution in [2.24, 2.45) is 0 Å². The molecule has 0 N–H and O–H groups in total. The molecule has 0 unspecified atom stereocenters. The molecule has 20 rings (SSSR count). The minimum atomic E-state index is -0.723. The zero-order chi connectivity index (χ0) is 91.2. The molecule has 0 amide bonds. The highest BCUT2D eigenvalue weighted by molar-refractivity contribution is 7.00. The van der Waals surface area contributed by atoms with Gasteiger partial charge in [0, 0.05) is 65.8 Å². The van der Waals surface area contributed by atoms with E-state index >= 15 is 0 Å². The molecule has 0 aliphatic carbocycles. The van der Waals surface area contributed by atoms with Gasteiger partial charge in [-0.2, -0.15) is 0 Å². The molecular weight excluding hydrogens is 1300 g/mol. The number of benzene rings is 14. The van der Waals surface area contributed by atoms with Crippen LogP contribution >= 0.6 is 0 Å². The first kappa shape index (κ1) is 46.0. The summed E-state index contributed by atoms with van der Waals surface area (Å²) in [4.78, 5) is 4.33. The quantitative estimate of drug-likeness (QED) is 0.149. The van der Waals surface area contributed by atoms with E-state index in [-0.39, 0.29) is 93.7 Å². The van der Waals surface area contributed by atoms with Crippen LogP contribution in [0.2, 0.25) is 0 Å². The summed E-state index contributed by atoms with van der Waals surface area (Å²) >= 11 is 0. The van der Waals surface area contributed by atoms with E-state index in [4.69, 9.17) is 23.9 Å². The smallest absolute Gasteiger partial charge is 0.252 e. The first-order valence-electron chi connectivity index (χ1n) is 46.7. The summed E-state index contributed by atoms with van der Waals surface area (Å²) in [6.07, 6.45) is 0. The lowest BCUT2D eigenvalue weighted by Crippen LogP contribution is -2.61. The number of hydrogen-bond donors (Lipinski definition) is 0. The number of hydrogen-bond acceptors (Lipinski definition) is 4. The number of rotatable bonds is 7. The van der Waals surface area contributed by atoms with Crippen molar-refractivity contribution in [1.82, 2.24) is 9.13 Å². The summed E-state index contributed by atoms with van der Waals surface area (Å²) in [5.41, 5.74) is 13.3. The van der Waals surface area contributed by atoms with Gasteiger partial charge in [0.05, 0.1) is 73.6 Å². The largest absolute Gasteiger partial charge is 0.452 e. The highest BCUT2D eigenvalue weighted by Crippen LogP contribution is 2.53. The molecule has 7 heteroatoms. The SMILES string of the molecule is [2H]c1c([2H])c([2H])c(-c2ccc3c(c2)N(c2cccc4c2oc2c(-n5c6c([2H])c([2H])c([2H])c([2H])c6c6c([2H])c([2H])c([2H])c([2H])c65)cccc24)c2cc(-c4cc(C(C)(C)C)cc(C(C)(C)C)c4)cc4c2B3c2ccc(-c3cc(C(C)(C)C)cc(C(C)(C)C)c3)cc2N4c2cccc3c2oc2c(-n4c5c([2H])c([2H])c([2H])c([2H])c5c5c([2H])c([2H])c([2H])c([2H])c54)cccc23)c([2H])c1[2H]. The Hall–Kier alpha value is -12.1. The predicted molar refractivity (Wildman–Crippen MR) is 455 cm³/mol. The molecule has 0 spiro atoms. The summed E-state index contributed by atoms with van der Waals surface area (Å²) in [6.45, 7) is 25.6. The van der Waals surface area contributed by atoms with Crippen LogP contribution in [-0.2, 0) is 21.7 Å². The van der Waals surface area contributed by atoms with Crippen molar-refractivity contribution in [3.63, 3.8) is 0 Å². The van der Waals surface area contributed by atoms with Gasteiger partial charge in [0.2, 0.25) is 0 Å². The summed E-state index contributed by atoms with van der Waals surface area (Å²) in [5, 5.41) is 1.80. The molecule has 107 heavy (non-hydrogen) atoms. The minimum absolute atomic E-state index is 0.0533. The van der Waals surface area contributed by atoms with Crippen LogP contribution in [0.15, 0.2) is 293 Å². The van der Waals surface area contributed by atoms with Crippen LogP contribution in [0.5, 0.6) is 0 Å². The number of nitrogens with zero attached hydrogens (tertiary/aromatic N) is 4. The van der Waals surface area contributed by atoms with Crippen molar-refractivity contribution in [3.8, 4) is 44.8 Å². The number of anilines is 6. The van der Waals surface area contributed by atoms with E-state index in [2.05, 4.69) is 160 Å². The summed E-state index contributed by atoms with van der Waals surface area (Å²) in [7, 11) is 0. The van der Waals surface area contributed by atoms with Crippen LogP contribution < -0.4 is 26.2 Å². The van der Waals surface area contributed by atoms with E-state index in [0.29, 0.717) is 66.7 Å². The molecule has 518 valence electrons. The molecule has 0 atom stereocenters. The van der Waals surface area contributed by atoms with Crippen LogP contribution in [0.4, 0.5) is 34.1 Å². The van der Waals surface area contributed by atoms with Gasteiger partial charge in [-0.1, -0.05) is 295 Å². The van der Waals surface area contributed by atoms with Gasteiger partial charge in [-0.25, -0.2) is 0 Å². The maximum Gasteiger partial charge on any atom is 0.252 e. The van der Waals surface area contributed by atoms with Crippen molar-refractivity contribution in [2.75, 3.05) is 9.80 Å². The standard InChI is InChI=1S/C100H83BN4O2/c1-97(2,3)66-50-63(51-67(58-66)98(4,5)6)62-47-49-79-89(55-62)105(87-45-27-37-77-75-35-25-43-85(94(75)107-96(77)87)103-82-40-22-18-32-72(82)73-33-19-23-41-83(73)103)91-57-65(64-52-68(99(7,8)9)59-69(53-64)100(10,11)12)56-90-92(91)101(79)78-48-46-61(60-28-14-13-15-29-60)54-88(78)104(90)86-44-26-36-76-74-34-24-42-84(93(74)106-95(76)86)102-80-38-20-16-30-70(80)71-31-17-21-39-81(71)102/h13-59H,1-12H3/i13D,14D,15D,16D,17D,18D,19D,20D,21D,22D,23D,28D,29D,30D,31D,32D,33D,38D,39D,40D,41D. The fourth-order valence-electron chi connectivity index (χ4n) is 16.3. The second-order valence-electron chi connectivity index (χ2n) is 32.6. The second-order valence-corrected chi connectivity index (χ2v) is 32.6. The van der Waals surface area contributed by atoms with Crippen LogP contribution in [0.25, 0.3) is 132 Å². The molecule has 2 aliphatic rings. The van der Waals surface area contributed by atoms with Crippen LogP contribution in [0, 0.1) is 0 Å².